The van der Waals surface area contributed by atoms with E-state index in [2.05, 4.69) is 6.07 Å². The average molecular weight is 307 g/mol. The van der Waals surface area contributed by atoms with E-state index in [9.17, 15) is 4.79 Å². The molecule has 0 aliphatic heterocycles. The second-order valence-corrected chi connectivity index (χ2v) is 6.77. The molecule has 0 aliphatic carbocycles. The summed E-state index contributed by atoms with van der Waals surface area (Å²) in [6, 6.07) is 18.0. The van der Waals surface area contributed by atoms with E-state index in [1.807, 2.05) is 76.2 Å². The van der Waals surface area contributed by atoms with Crippen LogP contribution in [0, 0.1) is 6.92 Å². The Hall–Kier alpha value is -2.55. The van der Waals surface area contributed by atoms with E-state index < -0.39 is 5.60 Å². The molecule has 0 bridgehead atoms. The van der Waals surface area contributed by atoms with Crippen LogP contribution in [0.2, 0.25) is 0 Å². The lowest BCUT2D eigenvalue weighted by molar-refractivity contribution is 0.0547. The highest BCUT2D eigenvalue weighted by Crippen LogP contribution is 2.29. The Bertz CT molecular complexity index is 854. The van der Waals surface area contributed by atoms with Gasteiger partial charge in [-0.3, -0.25) is 0 Å². The minimum Gasteiger partial charge on any atom is -0.443 e. The fraction of sp³-hybridized carbons (Fsp3) is 0.250. The van der Waals surface area contributed by atoms with Crippen molar-refractivity contribution in [3.63, 3.8) is 0 Å². The van der Waals surface area contributed by atoms with Crippen LogP contribution in [0.1, 0.15) is 26.3 Å². The third kappa shape index (κ3) is 3.14. The number of benzene rings is 2. The van der Waals surface area contributed by atoms with Crippen molar-refractivity contribution in [2.24, 2.45) is 0 Å². The lowest BCUT2D eigenvalue weighted by Gasteiger charge is -2.21. The number of aromatic nitrogens is 1. The SMILES string of the molecule is Cc1ccc2c(c1)cc(-c1ccccc1)n2C(=O)OC(C)(C)C. The highest BCUT2D eigenvalue weighted by molar-refractivity contribution is 5.96. The third-order valence-electron chi connectivity index (χ3n) is 3.60. The Labute approximate surface area is 136 Å². The highest BCUT2D eigenvalue weighted by atomic mass is 16.6. The van der Waals surface area contributed by atoms with Crippen molar-refractivity contribution in [2.75, 3.05) is 0 Å². The Morgan fingerprint density at radius 2 is 1.70 bits per heavy atom. The molecule has 0 saturated carbocycles. The molecule has 0 radical (unpaired) electrons. The zero-order chi connectivity index (χ0) is 16.6. The smallest absolute Gasteiger partial charge is 0.419 e. The molecule has 0 spiro atoms. The van der Waals surface area contributed by atoms with Gasteiger partial charge in [-0.05, 0) is 51.5 Å². The Kier molecular flexibility index (Phi) is 3.72. The number of aryl methyl sites for hydroxylation is 1. The monoisotopic (exact) mass is 307 g/mol. The van der Waals surface area contributed by atoms with Gasteiger partial charge in [0.1, 0.15) is 5.60 Å². The largest absolute Gasteiger partial charge is 0.443 e. The third-order valence-corrected chi connectivity index (χ3v) is 3.60. The number of nitrogens with zero attached hydrogens (tertiary/aromatic N) is 1. The number of rotatable bonds is 1. The molecule has 3 nitrogen and oxygen atoms in total. The van der Waals surface area contributed by atoms with Crippen molar-refractivity contribution in [1.82, 2.24) is 4.57 Å². The van der Waals surface area contributed by atoms with Crippen molar-refractivity contribution in [3.8, 4) is 11.3 Å². The van der Waals surface area contributed by atoms with Gasteiger partial charge in [-0.15, -0.1) is 0 Å². The summed E-state index contributed by atoms with van der Waals surface area (Å²) in [5.41, 5.74) is 3.33. The van der Waals surface area contributed by atoms with Gasteiger partial charge in [0.15, 0.2) is 0 Å². The second kappa shape index (κ2) is 5.58. The lowest BCUT2D eigenvalue weighted by Crippen LogP contribution is -2.27. The van der Waals surface area contributed by atoms with E-state index >= 15 is 0 Å². The number of hydrogen-bond donors (Lipinski definition) is 0. The first-order valence-corrected chi connectivity index (χ1v) is 7.76. The summed E-state index contributed by atoms with van der Waals surface area (Å²) < 4.78 is 7.27. The molecule has 0 saturated heterocycles. The van der Waals surface area contributed by atoms with Gasteiger partial charge in [0.25, 0.3) is 0 Å². The molecular weight excluding hydrogens is 286 g/mol. The summed E-state index contributed by atoms with van der Waals surface area (Å²) in [5, 5.41) is 1.04. The van der Waals surface area contributed by atoms with Crippen LogP contribution in [-0.2, 0) is 4.74 Å². The Balaban J connectivity index is 2.22. The number of ether oxygens (including phenoxy) is 1. The summed E-state index contributed by atoms with van der Waals surface area (Å²) in [5.74, 6) is 0. The maximum atomic E-state index is 12.8. The molecule has 1 aromatic heterocycles. The van der Waals surface area contributed by atoms with Gasteiger partial charge in [0, 0.05) is 5.39 Å². The van der Waals surface area contributed by atoms with E-state index in [-0.39, 0.29) is 6.09 Å². The highest BCUT2D eigenvalue weighted by Gasteiger charge is 2.22. The van der Waals surface area contributed by atoms with E-state index in [0.717, 1.165) is 22.2 Å². The van der Waals surface area contributed by atoms with E-state index in [1.165, 1.54) is 5.56 Å². The molecule has 0 amide bonds. The summed E-state index contributed by atoms with van der Waals surface area (Å²) in [6.45, 7) is 7.68. The number of fused-ring (bicyclic) bond motifs is 1. The first-order chi connectivity index (χ1) is 10.8. The van der Waals surface area contributed by atoms with Gasteiger partial charge < -0.3 is 4.74 Å². The molecule has 0 N–H and O–H groups in total. The molecule has 3 heteroatoms. The van der Waals surface area contributed by atoms with Gasteiger partial charge in [-0.1, -0.05) is 42.0 Å². The van der Waals surface area contributed by atoms with Crippen molar-refractivity contribution >= 4 is 17.0 Å². The maximum Gasteiger partial charge on any atom is 0.419 e. The molecule has 0 fully saturated rings. The molecule has 23 heavy (non-hydrogen) atoms. The average Bonchev–Trinajstić information content (AvgIpc) is 2.85. The van der Waals surface area contributed by atoms with E-state index in [0.29, 0.717) is 0 Å². The molecule has 0 unspecified atom stereocenters. The van der Waals surface area contributed by atoms with Crippen LogP contribution in [0.5, 0.6) is 0 Å². The number of carbonyl (C=O) groups is 1. The van der Waals surface area contributed by atoms with Gasteiger partial charge in [0.05, 0.1) is 11.2 Å². The molecule has 3 aromatic rings. The summed E-state index contributed by atoms with van der Waals surface area (Å²) in [7, 11) is 0. The Morgan fingerprint density at radius 3 is 2.35 bits per heavy atom. The van der Waals surface area contributed by atoms with Gasteiger partial charge in [0.2, 0.25) is 0 Å². The summed E-state index contributed by atoms with van der Waals surface area (Å²) >= 11 is 0. The first kappa shape index (κ1) is 15.3. The molecule has 118 valence electrons. The van der Waals surface area contributed by atoms with Gasteiger partial charge >= 0.3 is 6.09 Å². The van der Waals surface area contributed by atoms with Crippen LogP contribution in [0.4, 0.5) is 4.79 Å². The molecule has 1 heterocycles. The van der Waals surface area contributed by atoms with Crippen LogP contribution in [0.3, 0.4) is 0 Å². The first-order valence-electron chi connectivity index (χ1n) is 7.76. The minimum atomic E-state index is -0.535. The predicted molar refractivity (Wildman–Crippen MR) is 93.7 cm³/mol. The van der Waals surface area contributed by atoms with Crippen molar-refractivity contribution in [1.29, 1.82) is 0 Å². The number of hydrogen-bond acceptors (Lipinski definition) is 2. The van der Waals surface area contributed by atoms with Crippen LogP contribution < -0.4 is 0 Å². The molecule has 2 aromatic carbocycles. The van der Waals surface area contributed by atoms with Crippen LogP contribution in [0.15, 0.2) is 54.6 Å². The van der Waals surface area contributed by atoms with Crippen molar-refractivity contribution in [2.45, 2.75) is 33.3 Å². The van der Waals surface area contributed by atoms with E-state index in [4.69, 9.17) is 4.74 Å². The molecular formula is C20H21NO2. The van der Waals surface area contributed by atoms with Crippen molar-refractivity contribution in [3.05, 3.63) is 60.2 Å². The molecule has 3 rings (SSSR count). The second-order valence-electron chi connectivity index (χ2n) is 6.77. The van der Waals surface area contributed by atoms with Crippen LogP contribution >= 0.6 is 0 Å². The van der Waals surface area contributed by atoms with Gasteiger partial charge in [-0.2, -0.15) is 0 Å². The van der Waals surface area contributed by atoms with Crippen LogP contribution in [-0.4, -0.2) is 16.3 Å². The normalized spacial score (nSPS) is 11.7. The summed E-state index contributed by atoms with van der Waals surface area (Å²) in [6.07, 6.45) is -0.352. The topological polar surface area (TPSA) is 31.2 Å². The lowest BCUT2D eigenvalue weighted by atomic mass is 10.1. The Morgan fingerprint density at radius 1 is 1.00 bits per heavy atom. The fourth-order valence-electron chi connectivity index (χ4n) is 2.66. The zero-order valence-electron chi connectivity index (χ0n) is 14.0. The minimum absolute atomic E-state index is 0.352. The molecule has 0 atom stereocenters. The quantitative estimate of drug-likeness (QED) is 0.602. The standard InChI is InChI=1S/C20H21NO2/c1-14-10-11-17-16(12-14)13-18(15-8-6-5-7-9-15)21(17)19(22)23-20(2,3)4/h5-13H,1-4H3. The van der Waals surface area contributed by atoms with Crippen LogP contribution in [0.25, 0.3) is 22.2 Å². The molecule has 0 aliphatic rings. The van der Waals surface area contributed by atoms with E-state index in [1.54, 1.807) is 4.57 Å². The zero-order valence-corrected chi connectivity index (χ0v) is 14.0. The maximum absolute atomic E-state index is 12.8. The summed E-state index contributed by atoms with van der Waals surface area (Å²) in [4.78, 5) is 12.8. The predicted octanol–water partition coefficient (Wildman–Crippen LogP) is 5.40. The van der Waals surface area contributed by atoms with Crippen molar-refractivity contribution < 1.29 is 9.53 Å². The fourth-order valence-corrected chi connectivity index (χ4v) is 2.66. The number of carbonyl (C=O) groups excluding carboxylic acids is 1. The van der Waals surface area contributed by atoms with Gasteiger partial charge in [-0.25, -0.2) is 9.36 Å².